The largest absolute Gasteiger partial charge is 0.381 e. The molecule has 130 valence electrons. The van der Waals surface area contributed by atoms with Crippen LogP contribution in [0.2, 0.25) is 0 Å². The Kier molecular flexibility index (Phi) is 8.58. The number of hydrogen-bond acceptors (Lipinski definition) is 3. The van der Waals surface area contributed by atoms with Gasteiger partial charge >= 0.3 is 0 Å². The lowest BCUT2D eigenvalue weighted by Crippen LogP contribution is -2.39. The molecule has 1 aliphatic heterocycles. The quantitative estimate of drug-likeness (QED) is 0.411. The molecular formula is C17H30N4O2. The van der Waals surface area contributed by atoms with Gasteiger partial charge in [-0.1, -0.05) is 0 Å². The van der Waals surface area contributed by atoms with E-state index in [-0.39, 0.29) is 0 Å². The fraction of sp³-hybridized carbons (Fsp3) is 0.706. The Morgan fingerprint density at radius 1 is 1.22 bits per heavy atom. The van der Waals surface area contributed by atoms with E-state index >= 15 is 0 Å². The highest BCUT2D eigenvalue weighted by atomic mass is 16.5. The average molecular weight is 322 g/mol. The van der Waals surface area contributed by atoms with Gasteiger partial charge in [-0.2, -0.15) is 0 Å². The Bertz CT molecular complexity index is 428. The van der Waals surface area contributed by atoms with Crippen LogP contribution in [0.15, 0.2) is 29.5 Å². The molecule has 6 heteroatoms. The number of nitrogens with zero attached hydrogens (tertiary/aromatic N) is 2. The van der Waals surface area contributed by atoms with E-state index in [1.54, 1.807) is 7.05 Å². The second kappa shape index (κ2) is 11.1. The highest BCUT2D eigenvalue weighted by molar-refractivity contribution is 5.79. The van der Waals surface area contributed by atoms with Gasteiger partial charge in [0.1, 0.15) is 0 Å². The molecule has 0 bridgehead atoms. The van der Waals surface area contributed by atoms with Crippen LogP contribution in [0.5, 0.6) is 0 Å². The Hall–Kier alpha value is -1.53. The zero-order chi connectivity index (χ0) is 16.2. The molecule has 0 unspecified atom stereocenters. The van der Waals surface area contributed by atoms with Crippen LogP contribution < -0.4 is 10.6 Å². The SMILES string of the molecule is CN=C(NCCCOCC1CCOCC1)NCCn1cccc1. The zero-order valence-electron chi connectivity index (χ0n) is 14.2. The van der Waals surface area contributed by atoms with Crippen molar-refractivity contribution in [3.05, 3.63) is 24.5 Å². The van der Waals surface area contributed by atoms with Gasteiger partial charge in [-0.3, -0.25) is 4.99 Å². The van der Waals surface area contributed by atoms with Crippen LogP contribution in [0.1, 0.15) is 19.3 Å². The number of aromatic nitrogens is 1. The minimum Gasteiger partial charge on any atom is -0.381 e. The van der Waals surface area contributed by atoms with Gasteiger partial charge in [-0.05, 0) is 37.3 Å². The van der Waals surface area contributed by atoms with Crippen LogP contribution in [-0.4, -0.2) is 57.1 Å². The number of guanidine groups is 1. The third-order valence-corrected chi connectivity index (χ3v) is 4.00. The topological polar surface area (TPSA) is 59.8 Å². The van der Waals surface area contributed by atoms with Gasteiger partial charge in [0.05, 0.1) is 0 Å². The van der Waals surface area contributed by atoms with E-state index in [9.17, 15) is 0 Å². The maximum absolute atomic E-state index is 5.76. The standard InChI is InChI=1S/C17H30N4O2/c1-18-17(20-8-11-21-9-2-3-10-21)19-7-4-12-23-15-16-5-13-22-14-6-16/h2-3,9-10,16H,4-8,11-15H2,1H3,(H2,18,19,20). The summed E-state index contributed by atoms with van der Waals surface area (Å²) >= 11 is 0. The maximum atomic E-state index is 5.76. The van der Waals surface area contributed by atoms with Crippen LogP contribution in [0.4, 0.5) is 0 Å². The van der Waals surface area contributed by atoms with Crippen LogP contribution in [0.25, 0.3) is 0 Å². The van der Waals surface area contributed by atoms with Crippen molar-refractivity contribution in [2.45, 2.75) is 25.8 Å². The molecule has 0 amide bonds. The third-order valence-electron chi connectivity index (χ3n) is 4.00. The smallest absolute Gasteiger partial charge is 0.191 e. The molecule has 1 aromatic rings. The van der Waals surface area contributed by atoms with Gasteiger partial charge in [0.15, 0.2) is 5.96 Å². The molecule has 2 heterocycles. The van der Waals surface area contributed by atoms with E-state index in [2.05, 4.69) is 32.6 Å². The van der Waals surface area contributed by atoms with Crippen LogP contribution in [0.3, 0.4) is 0 Å². The number of hydrogen-bond donors (Lipinski definition) is 2. The van der Waals surface area contributed by atoms with Gasteiger partial charge in [0, 0.05) is 65.5 Å². The molecule has 0 atom stereocenters. The van der Waals surface area contributed by atoms with Crippen molar-refractivity contribution in [3.63, 3.8) is 0 Å². The first-order valence-electron chi connectivity index (χ1n) is 8.59. The van der Waals surface area contributed by atoms with Crippen LogP contribution in [-0.2, 0) is 16.0 Å². The van der Waals surface area contributed by atoms with Gasteiger partial charge in [0.25, 0.3) is 0 Å². The van der Waals surface area contributed by atoms with E-state index in [0.717, 1.165) is 71.3 Å². The summed E-state index contributed by atoms with van der Waals surface area (Å²) in [5.41, 5.74) is 0. The Morgan fingerprint density at radius 2 is 1.96 bits per heavy atom. The Morgan fingerprint density at radius 3 is 2.70 bits per heavy atom. The highest BCUT2D eigenvalue weighted by Gasteiger charge is 2.13. The van der Waals surface area contributed by atoms with E-state index in [0.29, 0.717) is 5.92 Å². The fourth-order valence-corrected chi connectivity index (χ4v) is 2.59. The minimum absolute atomic E-state index is 0.680. The second-order valence-electron chi connectivity index (χ2n) is 5.83. The molecule has 0 saturated carbocycles. The van der Waals surface area contributed by atoms with Gasteiger partial charge in [0.2, 0.25) is 0 Å². The summed E-state index contributed by atoms with van der Waals surface area (Å²) in [6.07, 6.45) is 7.38. The lowest BCUT2D eigenvalue weighted by atomic mass is 10.0. The van der Waals surface area contributed by atoms with Gasteiger partial charge in [-0.15, -0.1) is 0 Å². The lowest BCUT2D eigenvalue weighted by Gasteiger charge is -2.21. The van der Waals surface area contributed by atoms with Crippen molar-refractivity contribution in [1.82, 2.24) is 15.2 Å². The monoisotopic (exact) mass is 322 g/mol. The summed E-state index contributed by atoms with van der Waals surface area (Å²) < 4.78 is 13.3. The first kappa shape index (κ1) is 17.8. The molecule has 1 saturated heterocycles. The van der Waals surface area contributed by atoms with Crippen molar-refractivity contribution in [3.8, 4) is 0 Å². The van der Waals surface area contributed by atoms with Crippen molar-refractivity contribution < 1.29 is 9.47 Å². The molecule has 1 aromatic heterocycles. The van der Waals surface area contributed by atoms with Crippen molar-refractivity contribution >= 4 is 5.96 Å². The Balaban J connectivity index is 1.45. The molecule has 6 nitrogen and oxygen atoms in total. The van der Waals surface area contributed by atoms with Crippen LogP contribution >= 0.6 is 0 Å². The maximum Gasteiger partial charge on any atom is 0.191 e. The second-order valence-corrected chi connectivity index (χ2v) is 5.83. The highest BCUT2D eigenvalue weighted by Crippen LogP contribution is 2.14. The van der Waals surface area contributed by atoms with Crippen molar-refractivity contribution in [2.24, 2.45) is 10.9 Å². The molecule has 0 aliphatic carbocycles. The van der Waals surface area contributed by atoms with E-state index in [1.807, 2.05) is 12.1 Å². The zero-order valence-corrected chi connectivity index (χ0v) is 14.2. The minimum atomic E-state index is 0.680. The molecular weight excluding hydrogens is 292 g/mol. The summed E-state index contributed by atoms with van der Waals surface area (Å²) in [4.78, 5) is 4.23. The normalized spacial score (nSPS) is 16.5. The summed E-state index contributed by atoms with van der Waals surface area (Å²) in [5.74, 6) is 1.53. The molecule has 23 heavy (non-hydrogen) atoms. The predicted molar refractivity (Wildman–Crippen MR) is 92.8 cm³/mol. The molecule has 0 aromatic carbocycles. The lowest BCUT2D eigenvalue weighted by molar-refractivity contribution is 0.0203. The fourth-order valence-electron chi connectivity index (χ4n) is 2.59. The molecule has 2 rings (SSSR count). The van der Waals surface area contributed by atoms with Crippen molar-refractivity contribution in [2.75, 3.05) is 46.6 Å². The van der Waals surface area contributed by atoms with E-state index in [1.165, 1.54) is 0 Å². The third kappa shape index (κ3) is 7.52. The van der Waals surface area contributed by atoms with E-state index in [4.69, 9.17) is 9.47 Å². The number of ether oxygens (including phenoxy) is 2. The average Bonchev–Trinajstić information content (AvgIpc) is 3.10. The van der Waals surface area contributed by atoms with Gasteiger partial charge in [-0.25, -0.2) is 0 Å². The predicted octanol–water partition coefficient (Wildman–Crippen LogP) is 1.49. The summed E-state index contributed by atoms with van der Waals surface area (Å²) in [7, 11) is 1.80. The Labute approximate surface area is 139 Å². The number of aliphatic imine (C=N–C) groups is 1. The molecule has 0 radical (unpaired) electrons. The summed E-state index contributed by atoms with van der Waals surface area (Å²) in [6, 6.07) is 4.07. The van der Waals surface area contributed by atoms with Crippen LogP contribution in [0, 0.1) is 5.92 Å². The number of rotatable bonds is 9. The van der Waals surface area contributed by atoms with E-state index < -0.39 is 0 Å². The van der Waals surface area contributed by atoms with Gasteiger partial charge < -0.3 is 24.7 Å². The summed E-state index contributed by atoms with van der Waals surface area (Å²) in [6.45, 7) is 6.10. The first-order valence-corrected chi connectivity index (χ1v) is 8.59. The molecule has 1 aliphatic rings. The molecule has 2 N–H and O–H groups in total. The first-order chi connectivity index (χ1) is 11.4. The number of nitrogens with one attached hydrogen (secondary N) is 2. The van der Waals surface area contributed by atoms with Crippen molar-refractivity contribution in [1.29, 1.82) is 0 Å². The molecule has 1 fully saturated rings. The molecule has 0 spiro atoms. The summed E-state index contributed by atoms with van der Waals surface area (Å²) in [5, 5.41) is 6.63.